The number of hydrogen-bond acceptors (Lipinski definition) is 2. The van der Waals surface area contributed by atoms with Crippen molar-refractivity contribution in [3.63, 3.8) is 0 Å². The van der Waals surface area contributed by atoms with Crippen molar-refractivity contribution in [3.05, 3.63) is 60.6 Å². The molecule has 0 aromatic carbocycles. The fraction of sp³-hybridized carbons (Fsp3) is 0.214. The van der Waals surface area contributed by atoms with Crippen molar-refractivity contribution in [2.45, 2.75) is 13.0 Å². The van der Waals surface area contributed by atoms with Gasteiger partial charge in [0.25, 0.3) is 0 Å². The summed E-state index contributed by atoms with van der Waals surface area (Å²) >= 11 is 0. The minimum absolute atomic E-state index is 0.0299. The zero-order valence-corrected chi connectivity index (χ0v) is 9.72. The quantitative estimate of drug-likeness (QED) is 0.737. The van der Waals surface area contributed by atoms with E-state index in [-0.39, 0.29) is 17.9 Å². The second-order valence-electron chi connectivity index (χ2n) is 4.01. The number of carbonyl (C=O) groups excluding carboxylic acids is 1. The number of amides is 1. The van der Waals surface area contributed by atoms with Gasteiger partial charge in [-0.3, -0.25) is 10.1 Å². The van der Waals surface area contributed by atoms with E-state index in [1.807, 2.05) is 37.3 Å². The Morgan fingerprint density at radius 2 is 2.24 bits per heavy atom. The predicted molar refractivity (Wildman–Crippen MR) is 66.8 cm³/mol. The van der Waals surface area contributed by atoms with Gasteiger partial charge in [-0.05, 0) is 19.1 Å². The summed E-state index contributed by atoms with van der Waals surface area (Å²) in [7, 11) is 0. The number of carbonyl (C=O) groups is 1. The summed E-state index contributed by atoms with van der Waals surface area (Å²) in [4.78, 5) is 11.8. The smallest absolute Gasteiger partial charge is 0.237 e. The van der Waals surface area contributed by atoms with E-state index in [4.69, 9.17) is 4.74 Å². The van der Waals surface area contributed by atoms with E-state index in [0.29, 0.717) is 5.88 Å². The van der Waals surface area contributed by atoms with Crippen molar-refractivity contribution < 1.29 is 9.53 Å². The van der Waals surface area contributed by atoms with Gasteiger partial charge in [-0.25, -0.2) is 0 Å². The minimum Gasteiger partial charge on any atom is -0.470 e. The fourth-order valence-corrected chi connectivity index (χ4v) is 1.67. The molecule has 1 heterocycles. The highest BCUT2D eigenvalue weighted by Crippen LogP contribution is 2.23. The summed E-state index contributed by atoms with van der Waals surface area (Å²) in [5, 5.41) is 2.73. The molecule has 0 radical (unpaired) electrons. The van der Waals surface area contributed by atoms with Crippen molar-refractivity contribution in [1.82, 2.24) is 5.32 Å². The molecule has 17 heavy (non-hydrogen) atoms. The lowest BCUT2D eigenvalue weighted by Gasteiger charge is -2.30. The van der Waals surface area contributed by atoms with Gasteiger partial charge in [-0.1, -0.05) is 42.5 Å². The number of hydrogen-bond donors (Lipinski definition) is 1. The molecular weight excluding hydrogens is 214 g/mol. The molecule has 2 unspecified atom stereocenters. The third-order valence-corrected chi connectivity index (χ3v) is 2.72. The molecule has 2 rings (SSSR count). The van der Waals surface area contributed by atoms with Crippen molar-refractivity contribution in [2.75, 3.05) is 0 Å². The molecule has 3 heteroatoms. The lowest BCUT2D eigenvalue weighted by Crippen LogP contribution is -2.44. The second-order valence-corrected chi connectivity index (χ2v) is 4.01. The van der Waals surface area contributed by atoms with Crippen LogP contribution in [-0.2, 0) is 9.53 Å². The number of ether oxygens (including phenoxy) is 1. The maximum Gasteiger partial charge on any atom is 0.237 e. The maximum absolute atomic E-state index is 11.8. The SMILES string of the molecule is C=C/C(C)=C\C=C1/NC(=O)C2C=CC=CC2O1. The molecule has 0 spiro atoms. The van der Waals surface area contributed by atoms with Crippen LogP contribution in [0.4, 0.5) is 0 Å². The lowest BCUT2D eigenvalue weighted by molar-refractivity contribution is -0.130. The van der Waals surface area contributed by atoms with E-state index in [9.17, 15) is 4.79 Å². The predicted octanol–water partition coefficient (Wildman–Crippen LogP) is 2.22. The zero-order chi connectivity index (χ0) is 12.3. The van der Waals surface area contributed by atoms with E-state index in [1.165, 1.54) is 0 Å². The van der Waals surface area contributed by atoms with E-state index in [1.54, 1.807) is 12.2 Å². The van der Waals surface area contributed by atoms with E-state index >= 15 is 0 Å². The van der Waals surface area contributed by atoms with Crippen LogP contribution in [0.3, 0.4) is 0 Å². The molecule has 0 aromatic heterocycles. The molecule has 2 aliphatic rings. The molecule has 0 bridgehead atoms. The van der Waals surface area contributed by atoms with Gasteiger partial charge in [0.05, 0.1) is 5.92 Å². The Balaban J connectivity index is 2.14. The summed E-state index contributed by atoms with van der Waals surface area (Å²) in [5.41, 5.74) is 1.01. The van der Waals surface area contributed by atoms with Crippen molar-refractivity contribution in [3.8, 4) is 0 Å². The number of fused-ring (bicyclic) bond motifs is 1. The standard InChI is InChI=1S/C14H15NO2/c1-3-10(2)8-9-13-15-14(16)11-6-4-5-7-12(11)17-13/h3-9,11-12H,1H2,2H3,(H,15,16)/b10-8-,13-9+. The van der Waals surface area contributed by atoms with Gasteiger partial charge in [0.1, 0.15) is 6.10 Å². The fourth-order valence-electron chi connectivity index (χ4n) is 1.67. The lowest BCUT2D eigenvalue weighted by atomic mass is 9.95. The Morgan fingerprint density at radius 1 is 1.47 bits per heavy atom. The first-order valence-corrected chi connectivity index (χ1v) is 5.54. The molecule has 1 fully saturated rings. The first-order valence-electron chi connectivity index (χ1n) is 5.54. The van der Waals surface area contributed by atoms with Gasteiger partial charge in [-0.15, -0.1) is 0 Å². The summed E-state index contributed by atoms with van der Waals surface area (Å²) in [6.07, 6.45) is 12.6. The van der Waals surface area contributed by atoms with E-state index in [2.05, 4.69) is 11.9 Å². The summed E-state index contributed by atoms with van der Waals surface area (Å²) in [6, 6.07) is 0. The number of allylic oxidation sites excluding steroid dienone is 6. The van der Waals surface area contributed by atoms with Crippen LogP contribution in [0.2, 0.25) is 0 Å². The van der Waals surface area contributed by atoms with E-state index in [0.717, 1.165) is 5.57 Å². The molecule has 0 saturated carbocycles. The number of nitrogens with one attached hydrogen (secondary N) is 1. The Hall–Kier alpha value is -2.03. The molecule has 88 valence electrons. The van der Waals surface area contributed by atoms with E-state index < -0.39 is 0 Å². The van der Waals surface area contributed by atoms with Crippen LogP contribution < -0.4 is 5.32 Å². The molecule has 1 aliphatic carbocycles. The minimum atomic E-state index is -0.221. The molecule has 1 N–H and O–H groups in total. The largest absolute Gasteiger partial charge is 0.470 e. The van der Waals surface area contributed by atoms with Gasteiger partial charge < -0.3 is 4.74 Å². The highest BCUT2D eigenvalue weighted by atomic mass is 16.5. The highest BCUT2D eigenvalue weighted by molar-refractivity contribution is 5.84. The average molecular weight is 229 g/mol. The summed E-state index contributed by atoms with van der Waals surface area (Å²) < 4.78 is 5.67. The van der Waals surface area contributed by atoms with Crippen LogP contribution in [-0.4, -0.2) is 12.0 Å². The molecule has 1 saturated heterocycles. The van der Waals surface area contributed by atoms with Crippen molar-refractivity contribution in [1.29, 1.82) is 0 Å². The van der Waals surface area contributed by atoms with Gasteiger partial charge in [0.2, 0.25) is 5.91 Å². The Bertz CT molecular complexity index is 455. The first kappa shape index (κ1) is 11.5. The van der Waals surface area contributed by atoms with Gasteiger partial charge in [0, 0.05) is 0 Å². The maximum atomic E-state index is 11.8. The molecule has 2 atom stereocenters. The Kier molecular flexibility index (Phi) is 3.28. The Labute approximate surface area is 101 Å². The zero-order valence-electron chi connectivity index (χ0n) is 9.72. The molecule has 1 aliphatic heterocycles. The van der Waals surface area contributed by atoms with Crippen LogP contribution in [0.5, 0.6) is 0 Å². The van der Waals surface area contributed by atoms with Crippen LogP contribution in [0.15, 0.2) is 60.6 Å². The van der Waals surface area contributed by atoms with Crippen LogP contribution in [0.1, 0.15) is 6.92 Å². The molecule has 0 aromatic rings. The molecule has 3 nitrogen and oxygen atoms in total. The third kappa shape index (κ3) is 2.56. The van der Waals surface area contributed by atoms with Crippen molar-refractivity contribution in [2.24, 2.45) is 5.92 Å². The van der Waals surface area contributed by atoms with Crippen LogP contribution in [0, 0.1) is 5.92 Å². The monoisotopic (exact) mass is 229 g/mol. The first-order chi connectivity index (χ1) is 8.20. The van der Waals surface area contributed by atoms with Gasteiger partial charge in [0.15, 0.2) is 5.88 Å². The average Bonchev–Trinajstić information content (AvgIpc) is 2.36. The van der Waals surface area contributed by atoms with Crippen LogP contribution in [0.25, 0.3) is 0 Å². The van der Waals surface area contributed by atoms with Crippen LogP contribution >= 0.6 is 0 Å². The van der Waals surface area contributed by atoms with Crippen molar-refractivity contribution >= 4 is 5.91 Å². The summed E-state index contributed by atoms with van der Waals surface area (Å²) in [6.45, 7) is 5.59. The Morgan fingerprint density at radius 3 is 3.00 bits per heavy atom. The van der Waals surface area contributed by atoms with Gasteiger partial charge in [-0.2, -0.15) is 0 Å². The normalized spacial score (nSPS) is 29.6. The summed E-state index contributed by atoms with van der Waals surface area (Å²) in [5.74, 6) is 0.233. The third-order valence-electron chi connectivity index (χ3n) is 2.72. The molecule has 1 amide bonds. The number of rotatable bonds is 2. The topological polar surface area (TPSA) is 38.3 Å². The second kappa shape index (κ2) is 4.87. The highest BCUT2D eigenvalue weighted by Gasteiger charge is 2.32. The van der Waals surface area contributed by atoms with Gasteiger partial charge >= 0.3 is 0 Å². The molecular formula is C14H15NO2.